The van der Waals surface area contributed by atoms with Gasteiger partial charge in [-0.25, -0.2) is 4.79 Å². The van der Waals surface area contributed by atoms with Crippen LogP contribution in [0.2, 0.25) is 10.0 Å². The van der Waals surface area contributed by atoms with Crippen LogP contribution in [0, 0.1) is 0 Å². The summed E-state index contributed by atoms with van der Waals surface area (Å²) in [4.78, 5) is 11.6. The highest BCUT2D eigenvalue weighted by Crippen LogP contribution is 2.25. The van der Waals surface area contributed by atoms with Gasteiger partial charge in [-0.1, -0.05) is 23.2 Å². The van der Waals surface area contributed by atoms with Crippen molar-refractivity contribution in [2.45, 2.75) is 6.29 Å². The van der Waals surface area contributed by atoms with Gasteiger partial charge in [-0.15, -0.1) is 0 Å². The van der Waals surface area contributed by atoms with E-state index in [1.807, 2.05) is 0 Å². The summed E-state index contributed by atoms with van der Waals surface area (Å²) in [5.41, 5.74) is 0.477. The first-order valence-electron chi connectivity index (χ1n) is 5.12. The smallest absolute Gasteiger partial charge is 0.319 e. The molecule has 0 atom stereocenters. The molecule has 7 heteroatoms. The van der Waals surface area contributed by atoms with E-state index in [1.165, 1.54) is 14.2 Å². The monoisotopic (exact) mass is 292 g/mol. The van der Waals surface area contributed by atoms with Gasteiger partial charge in [-0.2, -0.15) is 0 Å². The van der Waals surface area contributed by atoms with Crippen molar-refractivity contribution >= 4 is 34.9 Å². The van der Waals surface area contributed by atoms with Crippen LogP contribution in [0.5, 0.6) is 0 Å². The van der Waals surface area contributed by atoms with Gasteiger partial charge in [0, 0.05) is 19.2 Å². The fourth-order valence-electron chi connectivity index (χ4n) is 1.20. The molecule has 18 heavy (non-hydrogen) atoms. The normalized spacial score (nSPS) is 10.5. The van der Waals surface area contributed by atoms with Crippen LogP contribution in [0.4, 0.5) is 10.5 Å². The van der Waals surface area contributed by atoms with Crippen molar-refractivity contribution in [2.24, 2.45) is 0 Å². The van der Waals surface area contributed by atoms with Crippen LogP contribution in [0.15, 0.2) is 18.2 Å². The molecule has 0 bridgehead atoms. The minimum absolute atomic E-state index is 0.226. The molecule has 1 aromatic carbocycles. The molecular weight excluding hydrogens is 279 g/mol. The molecule has 0 spiro atoms. The number of urea groups is 1. The van der Waals surface area contributed by atoms with Gasteiger partial charge in [0.2, 0.25) is 0 Å². The molecule has 0 aliphatic heterocycles. The standard InChI is InChI=1S/C11H14Cl2N2O3/c1-17-10(18-2)6-14-11(16)15-9-4-3-7(12)5-8(9)13/h3-5,10H,6H2,1-2H3,(H2,14,15,16). The van der Waals surface area contributed by atoms with Crippen molar-refractivity contribution in [1.29, 1.82) is 0 Å². The number of anilines is 1. The lowest BCUT2D eigenvalue weighted by molar-refractivity contribution is -0.0970. The molecule has 1 aromatic rings. The van der Waals surface area contributed by atoms with Gasteiger partial charge in [0.15, 0.2) is 6.29 Å². The third kappa shape index (κ3) is 4.70. The topological polar surface area (TPSA) is 59.6 Å². The number of hydrogen-bond acceptors (Lipinski definition) is 3. The predicted molar refractivity (Wildman–Crippen MR) is 71.3 cm³/mol. The number of amides is 2. The zero-order valence-electron chi connectivity index (χ0n) is 10.00. The summed E-state index contributed by atoms with van der Waals surface area (Å²) in [7, 11) is 2.98. The van der Waals surface area contributed by atoms with Gasteiger partial charge >= 0.3 is 6.03 Å². The van der Waals surface area contributed by atoms with Crippen LogP contribution in [-0.2, 0) is 9.47 Å². The molecule has 1 rings (SSSR count). The van der Waals surface area contributed by atoms with Crippen molar-refractivity contribution in [3.8, 4) is 0 Å². The maximum absolute atomic E-state index is 11.6. The van der Waals surface area contributed by atoms with Crippen LogP contribution in [0.25, 0.3) is 0 Å². The molecule has 2 amide bonds. The van der Waals surface area contributed by atoms with Gasteiger partial charge in [-0.3, -0.25) is 0 Å². The first kappa shape index (κ1) is 15.0. The number of benzene rings is 1. The van der Waals surface area contributed by atoms with E-state index in [0.29, 0.717) is 15.7 Å². The fraction of sp³-hybridized carbons (Fsp3) is 0.364. The Morgan fingerprint density at radius 3 is 2.56 bits per heavy atom. The number of hydrogen-bond donors (Lipinski definition) is 2. The van der Waals surface area contributed by atoms with Crippen LogP contribution in [0.3, 0.4) is 0 Å². The van der Waals surface area contributed by atoms with Crippen LogP contribution >= 0.6 is 23.2 Å². The number of ether oxygens (including phenoxy) is 2. The number of nitrogens with one attached hydrogen (secondary N) is 2. The Kier molecular flexibility index (Phi) is 6.21. The van der Waals surface area contributed by atoms with Gasteiger partial charge < -0.3 is 20.1 Å². The van der Waals surface area contributed by atoms with E-state index in [1.54, 1.807) is 18.2 Å². The summed E-state index contributed by atoms with van der Waals surface area (Å²) in [6.45, 7) is 0.226. The average Bonchev–Trinajstić information content (AvgIpc) is 2.34. The maximum atomic E-state index is 11.6. The zero-order chi connectivity index (χ0) is 13.5. The average molecular weight is 293 g/mol. The van der Waals surface area contributed by atoms with Gasteiger partial charge in [0.05, 0.1) is 17.3 Å². The van der Waals surface area contributed by atoms with Crippen LogP contribution < -0.4 is 10.6 Å². The molecule has 0 aliphatic carbocycles. The fourth-order valence-corrected chi connectivity index (χ4v) is 1.65. The molecular formula is C11H14Cl2N2O3. The van der Waals surface area contributed by atoms with Gasteiger partial charge in [0.1, 0.15) is 0 Å². The Morgan fingerprint density at radius 2 is 2.00 bits per heavy atom. The molecule has 0 radical (unpaired) electrons. The minimum atomic E-state index is -0.489. The highest BCUT2D eigenvalue weighted by atomic mass is 35.5. The number of methoxy groups -OCH3 is 2. The van der Waals surface area contributed by atoms with Gasteiger partial charge in [0.25, 0.3) is 0 Å². The van der Waals surface area contributed by atoms with Crippen LogP contribution in [0.1, 0.15) is 0 Å². The Balaban J connectivity index is 2.49. The minimum Gasteiger partial charge on any atom is -0.354 e. The van der Waals surface area contributed by atoms with Crippen molar-refractivity contribution in [3.63, 3.8) is 0 Å². The molecule has 100 valence electrons. The highest BCUT2D eigenvalue weighted by Gasteiger charge is 2.09. The third-order valence-corrected chi connectivity index (χ3v) is 2.68. The summed E-state index contributed by atoms with van der Waals surface area (Å²) in [5, 5.41) is 6.05. The second kappa shape index (κ2) is 7.43. The van der Waals surface area contributed by atoms with Crippen molar-refractivity contribution < 1.29 is 14.3 Å². The predicted octanol–water partition coefficient (Wildman–Crippen LogP) is 2.73. The third-order valence-electron chi connectivity index (χ3n) is 2.13. The van der Waals surface area contributed by atoms with E-state index in [2.05, 4.69) is 10.6 Å². The van der Waals surface area contributed by atoms with Crippen LogP contribution in [-0.4, -0.2) is 33.1 Å². The molecule has 0 saturated heterocycles. The second-order valence-corrected chi connectivity index (χ2v) is 4.20. The molecule has 5 nitrogen and oxygen atoms in total. The van der Waals surface area contributed by atoms with E-state index in [4.69, 9.17) is 32.7 Å². The van der Waals surface area contributed by atoms with Crippen molar-refractivity contribution in [1.82, 2.24) is 5.32 Å². The van der Waals surface area contributed by atoms with Gasteiger partial charge in [-0.05, 0) is 18.2 Å². The molecule has 0 aromatic heterocycles. The van der Waals surface area contributed by atoms with Crippen molar-refractivity contribution in [2.75, 3.05) is 26.1 Å². The zero-order valence-corrected chi connectivity index (χ0v) is 11.5. The molecule has 0 aliphatic rings. The van der Waals surface area contributed by atoms with Crippen molar-refractivity contribution in [3.05, 3.63) is 28.2 Å². The lowest BCUT2D eigenvalue weighted by atomic mass is 10.3. The van der Waals surface area contributed by atoms with E-state index in [0.717, 1.165) is 0 Å². The number of rotatable bonds is 5. The molecule has 2 N–H and O–H groups in total. The Hall–Kier alpha value is -1.01. The largest absolute Gasteiger partial charge is 0.354 e. The second-order valence-electron chi connectivity index (χ2n) is 3.36. The number of halogens is 2. The molecule has 0 heterocycles. The lowest BCUT2D eigenvalue weighted by Gasteiger charge is -2.14. The first-order chi connectivity index (χ1) is 8.56. The summed E-state index contributed by atoms with van der Waals surface area (Å²) in [6, 6.07) is 4.40. The number of carbonyl (C=O) groups excluding carboxylic acids is 1. The lowest BCUT2D eigenvalue weighted by Crippen LogP contribution is -2.36. The Labute approximate surface area is 115 Å². The van der Waals surface area contributed by atoms with E-state index >= 15 is 0 Å². The van der Waals surface area contributed by atoms with E-state index < -0.39 is 12.3 Å². The van der Waals surface area contributed by atoms with E-state index in [-0.39, 0.29) is 6.54 Å². The summed E-state index contributed by atoms with van der Waals surface area (Å²) < 4.78 is 9.86. The highest BCUT2D eigenvalue weighted by molar-refractivity contribution is 6.36. The molecule has 0 unspecified atom stereocenters. The van der Waals surface area contributed by atoms with E-state index in [9.17, 15) is 4.79 Å². The quantitative estimate of drug-likeness (QED) is 0.821. The molecule has 0 saturated carbocycles. The summed E-state index contributed by atoms with van der Waals surface area (Å²) in [6.07, 6.45) is -0.489. The summed E-state index contributed by atoms with van der Waals surface area (Å²) >= 11 is 11.7. The first-order valence-corrected chi connectivity index (χ1v) is 5.88. The Bertz CT molecular complexity index is 411. The molecule has 0 fully saturated rings. The Morgan fingerprint density at radius 1 is 1.33 bits per heavy atom. The number of carbonyl (C=O) groups is 1. The maximum Gasteiger partial charge on any atom is 0.319 e. The summed E-state index contributed by atoms with van der Waals surface area (Å²) in [5.74, 6) is 0. The SMILES string of the molecule is COC(CNC(=O)Nc1ccc(Cl)cc1Cl)OC.